The average Bonchev–Trinajstić information content (AvgIpc) is 1.34. The van der Waals surface area contributed by atoms with E-state index >= 15 is 0 Å². The highest BCUT2D eigenvalue weighted by Gasteiger charge is 2.44. The molecule has 20 nitrogen and oxygen atoms in total. The van der Waals surface area contributed by atoms with E-state index in [-0.39, 0.29) is 92.8 Å². The number of aliphatic hydroxyl groups is 4. The van der Waals surface area contributed by atoms with E-state index in [0.29, 0.717) is 129 Å². The molecule has 4 saturated heterocycles. The first kappa shape index (κ1) is 118. The number of halogens is 15. The van der Waals surface area contributed by atoms with Crippen LogP contribution in [0.4, 0.5) is 65.9 Å². The Bertz CT molecular complexity index is 5370. The van der Waals surface area contributed by atoms with E-state index in [0.717, 1.165) is 169 Å². The van der Waals surface area contributed by atoms with Crippen LogP contribution in [0.25, 0.3) is 0 Å². The van der Waals surface area contributed by atoms with Gasteiger partial charge >= 0.3 is 30.9 Å². The predicted molar refractivity (Wildman–Crippen MR) is 543 cm³/mol. The van der Waals surface area contributed by atoms with Crippen LogP contribution in [0.5, 0.6) is 0 Å². The second-order valence-corrected chi connectivity index (χ2v) is 40.7. The fraction of sp³-hybridized carbons (Fsp3) is 0.540. The standard InChI is InChI=1S/C31H42F3N3O2.C28H35F6N3O2.C27H36F3N3O3.C27H34F3N3O/c1-23-19-25(21-27(20-23)31(32,33)34)11-15-35(2)30(39)29(26-7-4-3-5-8-26)36-16-12-28(13-17-36)37(14-6-18-38)22-24-9-10-24;1-35(12-6-16-38)24-10-14-37(15-11-24)25(21-7-4-3-5-8-21)26(39)36(2)13-9-20-17-22(27(29,30)31)19-23(18-20)28(32,33)34;1-19-14-20(16-22(15-19)27(28,29)30)8-11-32(2)26(36)25(21-6-4-3-5-7-21)33-12-9-23(10-13-33)31-24(17-34)18-35;1-20-16-22(18-24(17-20)27(28,29)30)10-11-31(2)26(34)25(23-6-4-3-5-7-23)33-14-12-32(13-15-33)19-21-8-9-21/h3-5,7-8,19-21,24,28-29,38H,6,9-18,22H2,1-2H3;3-5,7-8,17-19,24-25,38H,6,9-16H2,1-2H3;3-7,14-16,23-25,31,34-35H,8-13,17-18H2,1-2H3;3-7,16-18,21,25H,8-15,19H2,1-2H3/t29-;3*25-/m0000/s1. The molecule has 0 spiro atoms. The van der Waals surface area contributed by atoms with Gasteiger partial charge in [0.15, 0.2) is 0 Å². The van der Waals surface area contributed by atoms with Crippen molar-refractivity contribution in [1.82, 2.24) is 59.2 Å². The number of likely N-dealkylation sites (tertiary alicyclic amines) is 3. The molecule has 0 radical (unpaired) electrons. The van der Waals surface area contributed by atoms with E-state index in [1.165, 1.54) is 49.8 Å². The molecule has 6 aliphatic rings. The SMILES string of the molecule is CN(CCc1cc(C(F)(F)F)cc(C(F)(F)F)c1)C(=O)[C@H](c1ccccc1)N1CCC(N(C)CCCO)CC1.Cc1cc(CCN(C)C(=O)[C@H](c2ccccc2)N2CCC(N(CCCO)CC3CC3)CC2)cc(C(F)(F)F)c1.Cc1cc(CCN(C)C(=O)[C@H](c2ccccc2)N2CCC(NC(CO)CO)CC2)cc(C(F)(F)F)c1.Cc1cc(CCN(C)C(=O)[C@H](c2ccccc2)N2CCN(CC3CC3)CC2)cc(C(F)(F)F)c1. The van der Waals surface area contributed by atoms with Crippen molar-refractivity contribution in [2.45, 2.75) is 203 Å². The van der Waals surface area contributed by atoms with Crippen molar-refractivity contribution in [3.8, 4) is 0 Å². The van der Waals surface area contributed by atoms with Crippen molar-refractivity contribution in [2.75, 3.05) is 179 Å². The molecule has 5 N–H and O–H groups in total. The highest BCUT2D eigenvalue weighted by Crippen LogP contribution is 2.42. The number of piperidine rings is 3. The molecule has 2 aliphatic carbocycles. The Kier molecular flexibility index (Phi) is 44.3. The third kappa shape index (κ3) is 36.2. The second kappa shape index (κ2) is 55.4. The number of piperazine rings is 1. The Hall–Kier alpha value is -9.89. The molecule has 148 heavy (non-hydrogen) atoms. The normalized spacial score (nSPS) is 17.3. The Balaban J connectivity index is 0.000000188. The number of nitrogens with zero attached hydrogens (tertiary/aromatic N) is 11. The highest BCUT2D eigenvalue weighted by atomic mass is 19.4. The maximum atomic E-state index is 13.8. The quantitative estimate of drug-likeness (QED) is 0.0227. The van der Waals surface area contributed by atoms with Gasteiger partial charge in [-0.25, -0.2) is 0 Å². The maximum Gasteiger partial charge on any atom is 0.416 e. The predicted octanol–water partition coefficient (Wildman–Crippen LogP) is 18.5. The first-order valence-electron chi connectivity index (χ1n) is 51.6. The van der Waals surface area contributed by atoms with Gasteiger partial charge < -0.3 is 55.1 Å². The number of benzene rings is 8. The van der Waals surface area contributed by atoms with E-state index < -0.39 is 76.8 Å². The molecule has 2 saturated carbocycles. The van der Waals surface area contributed by atoms with Crippen molar-refractivity contribution in [3.63, 3.8) is 0 Å². The van der Waals surface area contributed by atoms with Crippen LogP contribution < -0.4 is 5.32 Å². The Morgan fingerprint density at radius 1 is 0.331 bits per heavy atom. The monoisotopic (exact) mass is 2090 g/mol. The number of carbonyl (C=O) groups is 4. The molecule has 4 heterocycles. The van der Waals surface area contributed by atoms with Crippen LogP contribution in [0.1, 0.15) is 190 Å². The van der Waals surface area contributed by atoms with E-state index in [2.05, 4.69) is 39.6 Å². The minimum atomic E-state index is -4.92. The molecule has 812 valence electrons. The molecule has 0 aromatic heterocycles. The fourth-order valence-electron chi connectivity index (χ4n) is 20.3. The average molecular weight is 2090 g/mol. The summed E-state index contributed by atoms with van der Waals surface area (Å²) >= 11 is 0. The molecule has 8 aromatic carbocycles. The lowest BCUT2D eigenvalue weighted by Gasteiger charge is -2.42. The van der Waals surface area contributed by atoms with Crippen LogP contribution in [0.2, 0.25) is 0 Å². The summed E-state index contributed by atoms with van der Waals surface area (Å²) in [5.41, 5.74) is 2.13. The zero-order valence-electron chi connectivity index (χ0n) is 86.1. The van der Waals surface area contributed by atoms with Gasteiger partial charge in [0.2, 0.25) is 23.6 Å². The summed E-state index contributed by atoms with van der Waals surface area (Å²) in [6, 6.07) is 50.7. The molecule has 4 aliphatic heterocycles. The van der Waals surface area contributed by atoms with Gasteiger partial charge in [-0.1, -0.05) is 156 Å². The number of amides is 4. The molecule has 0 unspecified atom stereocenters. The number of aliphatic hydroxyl groups excluding tert-OH is 4. The van der Waals surface area contributed by atoms with Gasteiger partial charge in [-0.05, 0) is 241 Å². The lowest BCUT2D eigenvalue weighted by Crippen LogP contribution is -2.51. The smallest absolute Gasteiger partial charge is 0.396 e. The molecule has 35 heteroatoms. The first-order valence-corrected chi connectivity index (χ1v) is 51.6. The molecule has 14 rings (SSSR count). The highest BCUT2D eigenvalue weighted by molar-refractivity contribution is 5.85. The van der Waals surface area contributed by atoms with Crippen molar-refractivity contribution in [2.24, 2.45) is 11.8 Å². The summed E-state index contributed by atoms with van der Waals surface area (Å²) in [5, 5.41) is 40.4. The summed E-state index contributed by atoms with van der Waals surface area (Å²) in [5.74, 6) is 1.23. The van der Waals surface area contributed by atoms with Crippen molar-refractivity contribution in [3.05, 3.63) is 283 Å². The van der Waals surface area contributed by atoms with Crippen LogP contribution >= 0.6 is 0 Å². The summed E-state index contributed by atoms with van der Waals surface area (Å²) in [4.78, 5) is 77.1. The van der Waals surface area contributed by atoms with Crippen LogP contribution in [-0.4, -0.2) is 302 Å². The lowest BCUT2D eigenvalue weighted by molar-refractivity contribution is -0.144. The van der Waals surface area contributed by atoms with Crippen molar-refractivity contribution < 1.29 is 105 Å². The second-order valence-electron chi connectivity index (χ2n) is 40.7. The lowest BCUT2D eigenvalue weighted by atomic mass is 9.96. The molecule has 8 aromatic rings. The van der Waals surface area contributed by atoms with Gasteiger partial charge in [0, 0.05) is 177 Å². The Labute approximate surface area is 861 Å². The molecule has 4 atom stereocenters. The van der Waals surface area contributed by atoms with Crippen LogP contribution in [0.15, 0.2) is 194 Å². The number of nitrogens with one attached hydrogen (secondary N) is 1. The van der Waals surface area contributed by atoms with Gasteiger partial charge in [-0.2, -0.15) is 65.9 Å². The fourth-order valence-corrected chi connectivity index (χ4v) is 20.3. The first-order chi connectivity index (χ1) is 70.3. The largest absolute Gasteiger partial charge is 0.416 e. The maximum absolute atomic E-state index is 13.8. The molecule has 4 amide bonds. The van der Waals surface area contributed by atoms with Crippen LogP contribution in [-0.2, 0) is 75.7 Å². The summed E-state index contributed by atoms with van der Waals surface area (Å²) in [6.07, 6.45) is -10.2. The Morgan fingerprint density at radius 3 is 0.899 bits per heavy atom. The van der Waals surface area contributed by atoms with Crippen LogP contribution in [0, 0.1) is 32.6 Å². The topological polar surface area (TPSA) is 197 Å². The number of likely N-dealkylation sites (N-methyl/N-ethyl adjacent to an activating group) is 4. The third-order valence-corrected chi connectivity index (χ3v) is 29.0. The molecule has 6 fully saturated rings. The third-order valence-electron chi connectivity index (χ3n) is 29.0. The van der Waals surface area contributed by atoms with Crippen molar-refractivity contribution in [1.29, 1.82) is 0 Å². The van der Waals surface area contributed by atoms with Gasteiger partial charge in [-0.15, -0.1) is 0 Å². The summed E-state index contributed by atoms with van der Waals surface area (Å²) < 4.78 is 199. The van der Waals surface area contributed by atoms with Crippen molar-refractivity contribution >= 4 is 23.6 Å². The Morgan fingerprint density at radius 2 is 0.608 bits per heavy atom. The zero-order valence-corrected chi connectivity index (χ0v) is 86.1. The summed E-state index contributed by atoms with van der Waals surface area (Å²) in [6.45, 7) is 17.7. The molecular weight excluding hydrogens is 1940 g/mol. The minimum Gasteiger partial charge on any atom is -0.396 e. The number of hydrogen-bond acceptors (Lipinski definition) is 16. The van der Waals surface area contributed by atoms with E-state index in [4.69, 9.17) is 5.11 Å². The van der Waals surface area contributed by atoms with E-state index in [1.54, 1.807) is 74.8 Å². The molecule has 0 bridgehead atoms. The van der Waals surface area contributed by atoms with Gasteiger partial charge in [-0.3, -0.25) is 43.7 Å². The van der Waals surface area contributed by atoms with Gasteiger partial charge in [0.05, 0.1) is 47.1 Å². The number of hydrogen-bond donors (Lipinski definition) is 5. The minimum absolute atomic E-state index is 0.00876. The number of rotatable bonds is 40. The molecular formula is C113H147F15N12O8. The van der Waals surface area contributed by atoms with Crippen LogP contribution in [0.3, 0.4) is 0 Å². The van der Waals surface area contributed by atoms with E-state index in [9.17, 15) is 100 Å². The number of carbonyl (C=O) groups excluding carboxylic acids is 4. The summed E-state index contributed by atoms with van der Waals surface area (Å²) in [7, 11) is 8.73. The van der Waals surface area contributed by atoms with Gasteiger partial charge in [0.25, 0.3) is 0 Å². The van der Waals surface area contributed by atoms with Gasteiger partial charge in [0.1, 0.15) is 24.2 Å². The number of alkyl halides is 15. The zero-order chi connectivity index (χ0) is 107. The van der Waals surface area contributed by atoms with E-state index in [1.807, 2.05) is 128 Å². The number of aryl methyl sites for hydroxylation is 3.